The highest BCUT2D eigenvalue weighted by Gasteiger charge is 2.15. The van der Waals surface area contributed by atoms with Gasteiger partial charge in [-0.3, -0.25) is 4.79 Å². The van der Waals surface area contributed by atoms with E-state index in [9.17, 15) is 10.1 Å². The van der Waals surface area contributed by atoms with E-state index >= 15 is 0 Å². The van der Waals surface area contributed by atoms with E-state index in [1.165, 1.54) is 22.7 Å². The molecule has 3 rings (SSSR count). The number of nitrogens with one attached hydrogen (secondary N) is 1. The minimum absolute atomic E-state index is 0.396. The van der Waals surface area contributed by atoms with Gasteiger partial charge in [-0.1, -0.05) is 30.3 Å². The van der Waals surface area contributed by atoms with E-state index in [1.807, 2.05) is 42.6 Å². The van der Waals surface area contributed by atoms with Crippen molar-refractivity contribution in [2.24, 2.45) is 5.73 Å². The van der Waals surface area contributed by atoms with Crippen LogP contribution in [0.3, 0.4) is 0 Å². The SMILES string of the molecule is Cc1csc(/C(C#N)=C/Nc2sc(-c3ccccc3)cc2C(N)=O)n1. The minimum atomic E-state index is -0.516. The molecule has 5 nitrogen and oxygen atoms in total. The highest BCUT2D eigenvalue weighted by Crippen LogP contribution is 2.35. The Kier molecular flexibility index (Phi) is 4.93. The summed E-state index contributed by atoms with van der Waals surface area (Å²) in [6.07, 6.45) is 1.56. The van der Waals surface area contributed by atoms with Crippen LogP contribution in [-0.4, -0.2) is 10.9 Å². The number of benzene rings is 1. The van der Waals surface area contributed by atoms with E-state index in [4.69, 9.17) is 5.73 Å². The average molecular weight is 366 g/mol. The van der Waals surface area contributed by atoms with Gasteiger partial charge in [0.1, 0.15) is 21.7 Å². The number of primary amides is 1. The van der Waals surface area contributed by atoms with Crippen molar-refractivity contribution in [3.8, 4) is 16.5 Å². The number of thiazole rings is 1. The van der Waals surface area contributed by atoms with Crippen LogP contribution >= 0.6 is 22.7 Å². The molecule has 2 aromatic heterocycles. The number of anilines is 1. The Morgan fingerprint density at radius 3 is 2.72 bits per heavy atom. The zero-order chi connectivity index (χ0) is 17.8. The Balaban J connectivity index is 1.94. The Labute approximate surface area is 153 Å². The first-order chi connectivity index (χ1) is 12.1. The number of nitrogens with zero attached hydrogens (tertiary/aromatic N) is 2. The molecule has 25 heavy (non-hydrogen) atoms. The third-order valence-corrected chi connectivity index (χ3v) is 5.48. The lowest BCUT2D eigenvalue weighted by Crippen LogP contribution is -2.11. The summed E-state index contributed by atoms with van der Waals surface area (Å²) >= 11 is 2.81. The number of carbonyl (C=O) groups excluding carboxylic acids is 1. The van der Waals surface area contributed by atoms with Crippen LogP contribution in [0, 0.1) is 18.3 Å². The van der Waals surface area contributed by atoms with Gasteiger partial charge in [-0.25, -0.2) is 4.98 Å². The zero-order valence-corrected chi connectivity index (χ0v) is 14.9. The van der Waals surface area contributed by atoms with Crippen molar-refractivity contribution in [3.05, 3.63) is 64.2 Å². The van der Waals surface area contributed by atoms with Gasteiger partial charge in [-0.2, -0.15) is 5.26 Å². The predicted octanol–water partition coefficient (Wildman–Crippen LogP) is 4.26. The fraction of sp³-hybridized carbons (Fsp3) is 0.0556. The first kappa shape index (κ1) is 16.9. The number of amides is 1. The summed E-state index contributed by atoms with van der Waals surface area (Å²) in [4.78, 5) is 17.0. The minimum Gasteiger partial charge on any atom is -0.366 e. The molecule has 0 fully saturated rings. The molecule has 124 valence electrons. The van der Waals surface area contributed by atoms with E-state index in [0.29, 0.717) is 21.1 Å². The molecule has 0 saturated heterocycles. The van der Waals surface area contributed by atoms with Gasteiger partial charge in [0.2, 0.25) is 0 Å². The highest BCUT2D eigenvalue weighted by atomic mass is 32.1. The van der Waals surface area contributed by atoms with Crippen LogP contribution in [0.15, 0.2) is 48.0 Å². The summed E-state index contributed by atoms with van der Waals surface area (Å²) < 4.78 is 0. The van der Waals surface area contributed by atoms with Gasteiger partial charge in [0.15, 0.2) is 0 Å². The van der Waals surface area contributed by atoms with Gasteiger partial charge in [-0.05, 0) is 18.6 Å². The summed E-state index contributed by atoms with van der Waals surface area (Å²) in [7, 11) is 0. The molecule has 1 aromatic carbocycles. The predicted molar refractivity (Wildman–Crippen MR) is 102 cm³/mol. The van der Waals surface area contributed by atoms with Crippen molar-refractivity contribution in [2.45, 2.75) is 6.92 Å². The van der Waals surface area contributed by atoms with Gasteiger partial charge in [0.25, 0.3) is 5.91 Å². The molecule has 3 aromatic rings. The molecule has 2 heterocycles. The summed E-state index contributed by atoms with van der Waals surface area (Å²) in [5.41, 5.74) is 8.16. The van der Waals surface area contributed by atoms with Crippen molar-refractivity contribution in [2.75, 3.05) is 5.32 Å². The van der Waals surface area contributed by atoms with Crippen molar-refractivity contribution in [3.63, 3.8) is 0 Å². The molecule has 3 N–H and O–H groups in total. The van der Waals surface area contributed by atoms with Crippen LogP contribution in [0.4, 0.5) is 5.00 Å². The lowest BCUT2D eigenvalue weighted by Gasteiger charge is -2.00. The van der Waals surface area contributed by atoms with Crippen LogP contribution < -0.4 is 11.1 Å². The molecule has 0 aliphatic rings. The normalized spacial score (nSPS) is 11.1. The molecule has 0 aliphatic heterocycles. The summed E-state index contributed by atoms with van der Waals surface area (Å²) in [5, 5.41) is 15.5. The van der Waals surface area contributed by atoms with Crippen molar-refractivity contribution >= 4 is 39.2 Å². The standard InChI is InChI=1S/C18H14N4OS2/c1-11-10-24-17(22-11)13(8-19)9-21-18-14(16(20)23)7-15(25-18)12-5-3-2-4-6-12/h2-7,9-10,21H,1H3,(H2,20,23)/b13-9+. The fourth-order valence-electron chi connectivity index (χ4n) is 2.18. The van der Waals surface area contributed by atoms with Gasteiger partial charge in [-0.15, -0.1) is 22.7 Å². The summed E-state index contributed by atoms with van der Waals surface area (Å²) in [6.45, 7) is 1.87. The maximum absolute atomic E-state index is 11.7. The molecule has 1 amide bonds. The number of hydrogen-bond acceptors (Lipinski definition) is 6. The van der Waals surface area contributed by atoms with Crippen LogP contribution in [0.5, 0.6) is 0 Å². The smallest absolute Gasteiger partial charge is 0.251 e. The topological polar surface area (TPSA) is 91.8 Å². The molecule has 0 radical (unpaired) electrons. The number of nitrogens with two attached hydrogens (primary N) is 1. The van der Waals surface area contributed by atoms with Crippen molar-refractivity contribution < 1.29 is 4.79 Å². The third kappa shape index (κ3) is 3.76. The summed E-state index contributed by atoms with van der Waals surface area (Å²) in [6, 6.07) is 13.6. The van der Waals surface area contributed by atoms with Gasteiger partial charge in [0.05, 0.1) is 5.56 Å². The van der Waals surface area contributed by atoms with E-state index in [2.05, 4.69) is 16.4 Å². The number of nitriles is 1. The quantitative estimate of drug-likeness (QED) is 0.660. The van der Waals surface area contributed by atoms with Gasteiger partial charge >= 0.3 is 0 Å². The molecule has 0 aliphatic carbocycles. The van der Waals surface area contributed by atoms with E-state index in [0.717, 1.165) is 16.1 Å². The lowest BCUT2D eigenvalue weighted by atomic mass is 10.1. The Morgan fingerprint density at radius 1 is 1.36 bits per heavy atom. The maximum Gasteiger partial charge on any atom is 0.251 e. The first-order valence-corrected chi connectivity index (χ1v) is 9.06. The second kappa shape index (κ2) is 7.30. The molecule has 7 heteroatoms. The fourth-order valence-corrected chi connectivity index (χ4v) is 3.98. The Morgan fingerprint density at radius 2 is 2.12 bits per heavy atom. The molecular weight excluding hydrogens is 352 g/mol. The number of allylic oxidation sites excluding steroid dienone is 1. The van der Waals surface area contributed by atoms with Gasteiger partial charge in [0, 0.05) is 22.2 Å². The largest absolute Gasteiger partial charge is 0.366 e. The molecule has 0 bridgehead atoms. The highest BCUT2D eigenvalue weighted by molar-refractivity contribution is 7.19. The second-order valence-corrected chi connectivity index (χ2v) is 7.10. The molecule has 0 atom stereocenters. The third-order valence-electron chi connectivity index (χ3n) is 3.37. The number of rotatable bonds is 5. The monoisotopic (exact) mass is 366 g/mol. The molecule has 0 saturated carbocycles. The van der Waals surface area contributed by atoms with E-state index in [1.54, 1.807) is 12.3 Å². The zero-order valence-electron chi connectivity index (χ0n) is 13.3. The summed E-state index contributed by atoms with van der Waals surface area (Å²) in [5.74, 6) is -0.516. The molecular formula is C18H14N4OS2. The first-order valence-electron chi connectivity index (χ1n) is 7.37. The van der Waals surface area contributed by atoms with Gasteiger partial charge < -0.3 is 11.1 Å². The van der Waals surface area contributed by atoms with E-state index < -0.39 is 5.91 Å². The molecule has 0 unspecified atom stereocenters. The van der Waals surface area contributed by atoms with Crippen LogP contribution in [0.2, 0.25) is 0 Å². The van der Waals surface area contributed by atoms with Crippen LogP contribution in [0.25, 0.3) is 16.0 Å². The second-order valence-electron chi connectivity index (χ2n) is 5.19. The van der Waals surface area contributed by atoms with E-state index in [-0.39, 0.29) is 0 Å². The lowest BCUT2D eigenvalue weighted by molar-refractivity contribution is 0.100. The molecule has 0 spiro atoms. The van der Waals surface area contributed by atoms with Crippen LogP contribution in [-0.2, 0) is 0 Å². The number of carbonyl (C=O) groups is 1. The Hall–Kier alpha value is -2.95. The average Bonchev–Trinajstić information content (AvgIpc) is 3.23. The Bertz CT molecular complexity index is 980. The maximum atomic E-state index is 11.7. The number of hydrogen-bond donors (Lipinski definition) is 2. The van der Waals surface area contributed by atoms with Crippen molar-refractivity contribution in [1.82, 2.24) is 4.98 Å². The number of thiophene rings is 1. The number of aromatic nitrogens is 1. The number of aryl methyl sites for hydroxylation is 1. The van der Waals surface area contributed by atoms with Crippen molar-refractivity contribution in [1.29, 1.82) is 5.26 Å². The van der Waals surface area contributed by atoms with Crippen LogP contribution in [0.1, 0.15) is 21.1 Å².